The predicted octanol–water partition coefficient (Wildman–Crippen LogP) is 2.76. The fraction of sp³-hybridized carbons (Fsp3) is 0.636. The summed E-state index contributed by atoms with van der Waals surface area (Å²) in [5.74, 6) is -0.836. The monoisotopic (exact) mass is 242 g/mol. The van der Waals surface area contributed by atoms with Crippen molar-refractivity contribution in [2.75, 3.05) is 5.32 Å². The number of hydrogen-bond acceptors (Lipinski definition) is 4. The second-order valence-electron chi connectivity index (χ2n) is 3.75. The van der Waals surface area contributed by atoms with Crippen LogP contribution in [0.15, 0.2) is 5.38 Å². The van der Waals surface area contributed by atoms with Crippen molar-refractivity contribution in [3.8, 4) is 0 Å². The van der Waals surface area contributed by atoms with Gasteiger partial charge in [0.05, 0.1) is 12.1 Å². The summed E-state index contributed by atoms with van der Waals surface area (Å²) in [4.78, 5) is 14.8. The van der Waals surface area contributed by atoms with Gasteiger partial charge in [0.15, 0.2) is 5.13 Å². The van der Waals surface area contributed by atoms with Crippen LogP contribution in [-0.4, -0.2) is 22.1 Å². The summed E-state index contributed by atoms with van der Waals surface area (Å²) >= 11 is 1.48. The van der Waals surface area contributed by atoms with Crippen molar-refractivity contribution in [2.24, 2.45) is 0 Å². The van der Waals surface area contributed by atoms with E-state index in [1.54, 1.807) is 5.38 Å². The van der Waals surface area contributed by atoms with Gasteiger partial charge in [-0.1, -0.05) is 20.3 Å². The molecule has 2 N–H and O–H groups in total. The Kier molecular flexibility index (Phi) is 5.25. The summed E-state index contributed by atoms with van der Waals surface area (Å²) < 4.78 is 0. The molecule has 0 spiro atoms. The Morgan fingerprint density at radius 1 is 1.62 bits per heavy atom. The van der Waals surface area contributed by atoms with Crippen molar-refractivity contribution in [3.05, 3.63) is 11.1 Å². The summed E-state index contributed by atoms with van der Waals surface area (Å²) in [5.41, 5.74) is 0.631. The van der Waals surface area contributed by atoms with E-state index in [1.807, 2.05) is 0 Å². The van der Waals surface area contributed by atoms with Crippen molar-refractivity contribution in [3.63, 3.8) is 0 Å². The molecule has 1 atom stereocenters. The number of aliphatic carboxylic acids is 1. The molecule has 0 saturated carbocycles. The lowest BCUT2D eigenvalue weighted by molar-refractivity contribution is -0.136. The molecule has 1 aromatic rings. The van der Waals surface area contributed by atoms with E-state index in [9.17, 15) is 4.79 Å². The normalized spacial score (nSPS) is 12.4. The van der Waals surface area contributed by atoms with E-state index in [0.29, 0.717) is 11.7 Å². The van der Waals surface area contributed by atoms with Gasteiger partial charge in [-0.15, -0.1) is 11.3 Å². The zero-order valence-corrected chi connectivity index (χ0v) is 10.5. The fourth-order valence-electron chi connectivity index (χ4n) is 1.51. The lowest BCUT2D eigenvalue weighted by Crippen LogP contribution is -2.17. The number of thiazole rings is 1. The largest absolute Gasteiger partial charge is 0.481 e. The molecule has 0 radical (unpaired) electrons. The second kappa shape index (κ2) is 6.48. The van der Waals surface area contributed by atoms with Gasteiger partial charge in [-0.3, -0.25) is 4.79 Å². The summed E-state index contributed by atoms with van der Waals surface area (Å²) in [6, 6.07) is 0.439. The minimum Gasteiger partial charge on any atom is -0.481 e. The molecule has 0 aromatic carbocycles. The Balaban J connectivity index is 2.53. The van der Waals surface area contributed by atoms with E-state index in [2.05, 4.69) is 24.1 Å². The number of anilines is 1. The zero-order valence-electron chi connectivity index (χ0n) is 9.69. The maximum Gasteiger partial charge on any atom is 0.309 e. The SMILES string of the molecule is CCCC(CC)Nc1nc(CC(=O)O)cs1. The zero-order chi connectivity index (χ0) is 12.0. The molecule has 1 unspecified atom stereocenters. The lowest BCUT2D eigenvalue weighted by Gasteiger charge is -2.14. The lowest BCUT2D eigenvalue weighted by atomic mass is 10.1. The van der Waals surface area contributed by atoms with Crippen LogP contribution in [0.2, 0.25) is 0 Å². The first-order valence-corrected chi connectivity index (χ1v) is 6.46. The average molecular weight is 242 g/mol. The van der Waals surface area contributed by atoms with Gasteiger partial charge >= 0.3 is 5.97 Å². The summed E-state index contributed by atoms with van der Waals surface area (Å²) in [5, 5.41) is 14.6. The summed E-state index contributed by atoms with van der Waals surface area (Å²) in [7, 11) is 0. The smallest absolute Gasteiger partial charge is 0.309 e. The Morgan fingerprint density at radius 3 is 2.94 bits per heavy atom. The molecule has 0 aliphatic rings. The number of rotatable bonds is 7. The van der Waals surface area contributed by atoms with Crippen LogP contribution in [0.4, 0.5) is 5.13 Å². The van der Waals surface area contributed by atoms with Crippen LogP contribution in [0.3, 0.4) is 0 Å². The molecule has 1 rings (SSSR count). The predicted molar refractivity (Wildman–Crippen MR) is 66.1 cm³/mol. The van der Waals surface area contributed by atoms with E-state index >= 15 is 0 Å². The quantitative estimate of drug-likeness (QED) is 0.771. The third kappa shape index (κ3) is 4.18. The molecule has 4 nitrogen and oxygen atoms in total. The van der Waals surface area contributed by atoms with Crippen LogP contribution < -0.4 is 5.32 Å². The van der Waals surface area contributed by atoms with Crippen LogP contribution in [0.25, 0.3) is 0 Å². The van der Waals surface area contributed by atoms with Gasteiger partial charge in [0.25, 0.3) is 0 Å². The Morgan fingerprint density at radius 2 is 2.38 bits per heavy atom. The molecule has 0 aliphatic carbocycles. The van der Waals surface area contributed by atoms with Crippen LogP contribution in [0.5, 0.6) is 0 Å². The van der Waals surface area contributed by atoms with Crippen molar-refractivity contribution >= 4 is 22.4 Å². The van der Waals surface area contributed by atoms with Gasteiger partial charge in [0.1, 0.15) is 0 Å². The number of carboxylic acids is 1. The highest BCUT2D eigenvalue weighted by molar-refractivity contribution is 7.13. The Labute approximate surface area is 99.7 Å². The van der Waals surface area contributed by atoms with E-state index in [0.717, 1.165) is 24.4 Å². The highest BCUT2D eigenvalue weighted by atomic mass is 32.1. The first-order chi connectivity index (χ1) is 7.65. The van der Waals surface area contributed by atoms with Gasteiger partial charge in [0.2, 0.25) is 0 Å². The molecule has 0 fully saturated rings. The molecule has 0 amide bonds. The highest BCUT2D eigenvalue weighted by Crippen LogP contribution is 2.18. The van der Waals surface area contributed by atoms with E-state index < -0.39 is 5.97 Å². The minimum atomic E-state index is -0.836. The molecule has 1 aromatic heterocycles. The molecule has 1 heterocycles. The molecule has 90 valence electrons. The molecule has 0 saturated heterocycles. The number of carboxylic acid groups (broad SMARTS) is 1. The summed E-state index contributed by atoms with van der Waals surface area (Å²) in [6.45, 7) is 4.29. The number of hydrogen-bond donors (Lipinski definition) is 2. The average Bonchev–Trinajstić information content (AvgIpc) is 2.64. The van der Waals surface area contributed by atoms with Gasteiger partial charge in [-0.25, -0.2) is 4.98 Å². The third-order valence-electron chi connectivity index (χ3n) is 2.34. The van der Waals surface area contributed by atoms with Crippen LogP contribution in [-0.2, 0) is 11.2 Å². The van der Waals surface area contributed by atoms with Crippen molar-refractivity contribution < 1.29 is 9.90 Å². The maximum atomic E-state index is 10.5. The van der Waals surface area contributed by atoms with Crippen LogP contribution >= 0.6 is 11.3 Å². The van der Waals surface area contributed by atoms with Gasteiger partial charge in [-0.2, -0.15) is 0 Å². The Bertz CT molecular complexity index is 338. The van der Waals surface area contributed by atoms with Gasteiger partial charge < -0.3 is 10.4 Å². The standard InChI is InChI=1S/C11H18N2O2S/c1-3-5-8(4-2)12-11-13-9(7-16-11)6-10(14)15/h7-8H,3-6H2,1-2H3,(H,12,13)(H,14,15). The highest BCUT2D eigenvalue weighted by Gasteiger charge is 2.09. The van der Waals surface area contributed by atoms with E-state index in [4.69, 9.17) is 5.11 Å². The van der Waals surface area contributed by atoms with Crippen molar-refractivity contribution in [1.29, 1.82) is 0 Å². The third-order valence-corrected chi connectivity index (χ3v) is 3.16. The molecule has 16 heavy (non-hydrogen) atoms. The Hall–Kier alpha value is -1.10. The first kappa shape index (κ1) is 13.0. The fourth-order valence-corrected chi connectivity index (χ4v) is 2.30. The number of nitrogens with one attached hydrogen (secondary N) is 1. The van der Waals surface area contributed by atoms with Crippen molar-refractivity contribution in [2.45, 2.75) is 45.6 Å². The number of aromatic nitrogens is 1. The second-order valence-corrected chi connectivity index (χ2v) is 4.61. The molecule has 0 bridgehead atoms. The van der Waals surface area contributed by atoms with Crippen LogP contribution in [0.1, 0.15) is 38.8 Å². The number of nitrogens with zero attached hydrogens (tertiary/aromatic N) is 1. The molecular formula is C11H18N2O2S. The van der Waals surface area contributed by atoms with Gasteiger partial charge in [0, 0.05) is 11.4 Å². The minimum absolute atomic E-state index is 0.00273. The number of carbonyl (C=O) groups is 1. The molecule has 5 heteroatoms. The molecule has 0 aliphatic heterocycles. The molecular weight excluding hydrogens is 224 g/mol. The van der Waals surface area contributed by atoms with Crippen molar-refractivity contribution in [1.82, 2.24) is 4.98 Å². The first-order valence-electron chi connectivity index (χ1n) is 5.58. The van der Waals surface area contributed by atoms with E-state index in [1.165, 1.54) is 11.3 Å². The van der Waals surface area contributed by atoms with Crippen LogP contribution in [0, 0.1) is 0 Å². The topological polar surface area (TPSA) is 62.2 Å². The van der Waals surface area contributed by atoms with E-state index in [-0.39, 0.29) is 6.42 Å². The maximum absolute atomic E-state index is 10.5. The summed E-state index contributed by atoms with van der Waals surface area (Å²) in [6.07, 6.45) is 3.31. The van der Waals surface area contributed by atoms with Gasteiger partial charge in [-0.05, 0) is 12.8 Å².